The lowest BCUT2D eigenvalue weighted by Gasteiger charge is -2.15. The Morgan fingerprint density at radius 2 is 2.50 bits per heavy atom. The molecule has 4 heteroatoms. The maximum Gasteiger partial charge on any atom is 0.178 e. The van der Waals surface area contributed by atoms with Gasteiger partial charge in [0.15, 0.2) is 11.3 Å². The van der Waals surface area contributed by atoms with Crippen molar-refractivity contribution in [3.8, 4) is 0 Å². The Balaban J connectivity index is 2.34. The van der Waals surface area contributed by atoms with Crippen LogP contribution in [-0.4, -0.2) is 17.3 Å². The van der Waals surface area contributed by atoms with E-state index in [0.717, 1.165) is 31.2 Å². The first kappa shape index (κ1) is 7.89. The molecule has 0 aromatic carbocycles. The van der Waals surface area contributed by atoms with Gasteiger partial charge in [0.2, 0.25) is 0 Å². The van der Waals surface area contributed by atoms with Gasteiger partial charge in [-0.3, -0.25) is 4.79 Å². The van der Waals surface area contributed by atoms with Crippen molar-refractivity contribution in [1.82, 2.24) is 4.98 Å². The number of aldehydes is 1. The van der Waals surface area contributed by atoms with Crippen LogP contribution in [0.2, 0.25) is 0 Å². The predicted octanol–water partition coefficient (Wildman–Crippen LogP) is 0.772. The summed E-state index contributed by atoms with van der Waals surface area (Å²) in [5.41, 5.74) is 6.88. The van der Waals surface area contributed by atoms with Crippen molar-refractivity contribution < 1.29 is 4.79 Å². The number of hydrogen-bond donors (Lipinski definition) is 1. The average Bonchev–Trinajstić information content (AvgIpc) is 2.46. The Labute approximate surface area is 74.6 Å². The summed E-state index contributed by atoms with van der Waals surface area (Å²) in [6.45, 7) is 0. The van der Waals surface area contributed by atoms with Crippen molar-refractivity contribution in [2.75, 3.05) is 0 Å². The summed E-state index contributed by atoms with van der Waals surface area (Å²) in [6, 6.07) is 0.262. The third kappa shape index (κ3) is 1.28. The molecule has 2 rings (SSSR count). The zero-order valence-corrected chi connectivity index (χ0v) is 7.43. The minimum atomic E-state index is 0.262. The van der Waals surface area contributed by atoms with E-state index in [-0.39, 0.29) is 6.04 Å². The molecule has 0 unspecified atom stereocenters. The van der Waals surface area contributed by atoms with E-state index in [0.29, 0.717) is 5.01 Å². The number of carbonyl (C=O) groups is 1. The quantitative estimate of drug-likeness (QED) is 0.653. The number of nitrogens with two attached hydrogens (primary N) is 1. The summed E-state index contributed by atoms with van der Waals surface area (Å²) >= 11 is 1.48. The van der Waals surface area contributed by atoms with E-state index >= 15 is 0 Å². The summed E-state index contributed by atoms with van der Waals surface area (Å²) < 4.78 is 0. The van der Waals surface area contributed by atoms with Gasteiger partial charge in [0.1, 0.15) is 0 Å². The van der Waals surface area contributed by atoms with Gasteiger partial charge in [-0.15, -0.1) is 11.3 Å². The Morgan fingerprint density at radius 1 is 1.67 bits per heavy atom. The zero-order chi connectivity index (χ0) is 8.55. The molecule has 0 fully saturated rings. The van der Waals surface area contributed by atoms with Gasteiger partial charge in [0.05, 0.1) is 5.69 Å². The molecule has 12 heavy (non-hydrogen) atoms. The van der Waals surface area contributed by atoms with E-state index in [4.69, 9.17) is 5.73 Å². The highest BCUT2D eigenvalue weighted by atomic mass is 32.1. The number of nitrogens with zero attached hydrogens (tertiary/aromatic N) is 1. The fourth-order valence-electron chi connectivity index (χ4n) is 1.47. The average molecular weight is 182 g/mol. The predicted molar refractivity (Wildman–Crippen MR) is 47.5 cm³/mol. The van der Waals surface area contributed by atoms with Crippen LogP contribution in [0, 0.1) is 0 Å². The molecule has 1 heterocycles. The van der Waals surface area contributed by atoms with Gasteiger partial charge in [0, 0.05) is 10.9 Å². The van der Waals surface area contributed by atoms with Gasteiger partial charge in [-0.2, -0.15) is 0 Å². The number of thiazole rings is 1. The molecule has 0 saturated carbocycles. The topological polar surface area (TPSA) is 56.0 Å². The maximum absolute atomic E-state index is 10.4. The highest BCUT2D eigenvalue weighted by Crippen LogP contribution is 2.25. The number of aryl methyl sites for hydroxylation is 1. The highest BCUT2D eigenvalue weighted by molar-refractivity contribution is 7.13. The van der Waals surface area contributed by atoms with E-state index in [2.05, 4.69) is 4.98 Å². The molecule has 0 bridgehead atoms. The van der Waals surface area contributed by atoms with Crippen LogP contribution in [0.1, 0.15) is 26.8 Å². The molecule has 0 amide bonds. The molecule has 1 aliphatic rings. The second-order valence-corrected chi connectivity index (χ2v) is 4.16. The molecule has 1 aromatic heterocycles. The summed E-state index contributed by atoms with van der Waals surface area (Å²) in [7, 11) is 0. The third-order valence-electron chi connectivity index (χ3n) is 2.10. The fourth-order valence-corrected chi connectivity index (χ4v) is 2.49. The molecule has 0 radical (unpaired) electrons. The zero-order valence-electron chi connectivity index (χ0n) is 6.62. The number of rotatable bonds is 1. The maximum atomic E-state index is 10.4. The van der Waals surface area contributed by atoms with Crippen molar-refractivity contribution in [3.05, 3.63) is 15.6 Å². The molecule has 0 spiro atoms. The van der Waals surface area contributed by atoms with Crippen LogP contribution >= 0.6 is 11.3 Å². The lowest BCUT2D eigenvalue weighted by molar-refractivity contribution is 0.112. The third-order valence-corrected chi connectivity index (χ3v) is 3.14. The molecule has 1 aromatic rings. The van der Waals surface area contributed by atoms with Crippen LogP contribution in [0.4, 0.5) is 0 Å². The highest BCUT2D eigenvalue weighted by Gasteiger charge is 2.19. The smallest absolute Gasteiger partial charge is 0.178 e. The number of fused-ring (bicyclic) bond motifs is 1. The van der Waals surface area contributed by atoms with Gasteiger partial charge in [0.25, 0.3) is 0 Å². The fraction of sp³-hybridized carbons (Fsp3) is 0.500. The molecule has 64 valence electrons. The molecule has 1 aliphatic carbocycles. The second kappa shape index (κ2) is 2.95. The van der Waals surface area contributed by atoms with E-state index < -0.39 is 0 Å². The van der Waals surface area contributed by atoms with Crippen molar-refractivity contribution in [3.63, 3.8) is 0 Å². The Kier molecular flexibility index (Phi) is 1.94. The molecule has 0 aliphatic heterocycles. The van der Waals surface area contributed by atoms with Crippen molar-refractivity contribution in [2.45, 2.75) is 25.3 Å². The van der Waals surface area contributed by atoms with Crippen LogP contribution in [-0.2, 0) is 12.8 Å². The first-order valence-corrected chi connectivity index (χ1v) is 4.80. The summed E-state index contributed by atoms with van der Waals surface area (Å²) in [4.78, 5) is 15.8. The SMILES string of the molecule is N[C@H]1CCc2nc(C=O)sc2C1. The monoisotopic (exact) mass is 182 g/mol. The van der Waals surface area contributed by atoms with E-state index in [1.165, 1.54) is 16.2 Å². The van der Waals surface area contributed by atoms with Crippen molar-refractivity contribution >= 4 is 17.6 Å². The Bertz CT molecular complexity index is 308. The molecule has 0 saturated heterocycles. The first-order valence-electron chi connectivity index (χ1n) is 3.99. The van der Waals surface area contributed by atoms with E-state index in [9.17, 15) is 4.79 Å². The van der Waals surface area contributed by atoms with Crippen LogP contribution in [0.5, 0.6) is 0 Å². The number of hydrogen-bond acceptors (Lipinski definition) is 4. The molecule has 2 N–H and O–H groups in total. The van der Waals surface area contributed by atoms with Gasteiger partial charge in [-0.05, 0) is 19.3 Å². The van der Waals surface area contributed by atoms with Crippen LogP contribution < -0.4 is 5.73 Å². The van der Waals surface area contributed by atoms with Crippen LogP contribution in [0.3, 0.4) is 0 Å². The largest absolute Gasteiger partial charge is 0.327 e. The molecule has 3 nitrogen and oxygen atoms in total. The van der Waals surface area contributed by atoms with Gasteiger partial charge < -0.3 is 5.73 Å². The summed E-state index contributed by atoms with van der Waals surface area (Å²) in [5.74, 6) is 0. The summed E-state index contributed by atoms with van der Waals surface area (Å²) in [5, 5.41) is 0.592. The first-order chi connectivity index (χ1) is 5.79. The Morgan fingerprint density at radius 3 is 3.25 bits per heavy atom. The van der Waals surface area contributed by atoms with Gasteiger partial charge in [-0.1, -0.05) is 0 Å². The number of aromatic nitrogens is 1. The van der Waals surface area contributed by atoms with Crippen LogP contribution in [0.15, 0.2) is 0 Å². The normalized spacial score (nSPS) is 21.9. The number of carbonyl (C=O) groups excluding carboxylic acids is 1. The minimum absolute atomic E-state index is 0.262. The molecular weight excluding hydrogens is 172 g/mol. The summed E-state index contributed by atoms with van der Waals surface area (Å²) in [6.07, 6.45) is 3.63. The Hall–Kier alpha value is -0.740. The van der Waals surface area contributed by atoms with Crippen molar-refractivity contribution in [1.29, 1.82) is 0 Å². The minimum Gasteiger partial charge on any atom is -0.327 e. The molecular formula is C8H10N2OS. The van der Waals surface area contributed by atoms with Crippen LogP contribution in [0.25, 0.3) is 0 Å². The lowest BCUT2D eigenvalue weighted by Crippen LogP contribution is -2.26. The standard InChI is InChI=1S/C8H10N2OS/c9-5-1-2-6-7(3-5)12-8(4-11)10-6/h4-5H,1-3,9H2/t5-/m0/s1. The van der Waals surface area contributed by atoms with E-state index in [1.54, 1.807) is 0 Å². The van der Waals surface area contributed by atoms with Gasteiger partial charge in [-0.25, -0.2) is 4.98 Å². The van der Waals surface area contributed by atoms with Crippen molar-refractivity contribution in [2.24, 2.45) is 5.73 Å². The molecule has 1 atom stereocenters. The van der Waals surface area contributed by atoms with E-state index in [1.807, 2.05) is 0 Å². The second-order valence-electron chi connectivity index (χ2n) is 3.04. The lowest BCUT2D eigenvalue weighted by atomic mass is 9.99. The van der Waals surface area contributed by atoms with Gasteiger partial charge >= 0.3 is 0 Å².